The zero-order chi connectivity index (χ0) is 13.0. The largest absolute Gasteiger partial charge is 0.271 e. The lowest BCUT2D eigenvalue weighted by molar-refractivity contribution is 0.465. The lowest BCUT2D eigenvalue weighted by Gasteiger charge is -2.11. The van der Waals surface area contributed by atoms with E-state index in [-0.39, 0.29) is 6.04 Å². The smallest absolute Gasteiger partial charge is 0.101 e. The Balaban J connectivity index is 2.06. The van der Waals surface area contributed by atoms with Crippen LogP contribution in [0.3, 0.4) is 0 Å². The standard InChI is InChI=1S/C11H19N7/c1-3-8(2)18-5-4-9(16-18)6-10(14-12)11-7-13-17-15-11/h4-5,7-8,10,14H,3,6,12H2,1-2H3,(H,13,15,17). The van der Waals surface area contributed by atoms with Crippen molar-refractivity contribution in [2.24, 2.45) is 5.84 Å². The van der Waals surface area contributed by atoms with Gasteiger partial charge < -0.3 is 0 Å². The first kappa shape index (κ1) is 12.7. The van der Waals surface area contributed by atoms with Crippen molar-refractivity contribution >= 4 is 0 Å². The highest BCUT2D eigenvalue weighted by Gasteiger charge is 2.15. The quantitative estimate of drug-likeness (QED) is 0.517. The summed E-state index contributed by atoms with van der Waals surface area (Å²) in [6.45, 7) is 4.29. The minimum Gasteiger partial charge on any atom is -0.271 e. The number of H-pyrrole nitrogens is 1. The fourth-order valence-corrected chi connectivity index (χ4v) is 1.76. The van der Waals surface area contributed by atoms with Gasteiger partial charge in [-0.2, -0.15) is 20.5 Å². The fourth-order valence-electron chi connectivity index (χ4n) is 1.76. The molecular formula is C11H19N7. The lowest BCUT2D eigenvalue weighted by atomic mass is 10.1. The van der Waals surface area contributed by atoms with Gasteiger partial charge in [-0.25, -0.2) is 0 Å². The zero-order valence-electron chi connectivity index (χ0n) is 10.7. The van der Waals surface area contributed by atoms with Gasteiger partial charge in [-0.1, -0.05) is 6.92 Å². The number of aromatic amines is 1. The van der Waals surface area contributed by atoms with E-state index in [1.54, 1.807) is 6.20 Å². The van der Waals surface area contributed by atoms with Gasteiger partial charge in [-0.3, -0.25) is 16.0 Å². The van der Waals surface area contributed by atoms with E-state index >= 15 is 0 Å². The molecule has 7 nitrogen and oxygen atoms in total. The Morgan fingerprint density at radius 3 is 3.00 bits per heavy atom. The fraction of sp³-hybridized carbons (Fsp3) is 0.545. The number of hydrogen-bond acceptors (Lipinski definition) is 5. The minimum atomic E-state index is -0.0796. The highest BCUT2D eigenvalue weighted by Crippen LogP contribution is 2.15. The topological polar surface area (TPSA) is 97.4 Å². The molecule has 2 heterocycles. The Bertz CT molecular complexity index is 461. The molecule has 2 aromatic heterocycles. The van der Waals surface area contributed by atoms with Crippen molar-refractivity contribution < 1.29 is 0 Å². The van der Waals surface area contributed by atoms with Gasteiger partial charge in [-0.05, 0) is 19.4 Å². The summed E-state index contributed by atoms with van der Waals surface area (Å²) in [7, 11) is 0. The Morgan fingerprint density at radius 1 is 1.56 bits per heavy atom. The van der Waals surface area contributed by atoms with Crippen LogP contribution in [-0.2, 0) is 6.42 Å². The monoisotopic (exact) mass is 249 g/mol. The van der Waals surface area contributed by atoms with Crippen molar-refractivity contribution in [1.82, 2.24) is 30.6 Å². The molecule has 0 amide bonds. The number of aromatic nitrogens is 5. The second kappa shape index (κ2) is 5.74. The number of nitrogens with one attached hydrogen (secondary N) is 2. The highest BCUT2D eigenvalue weighted by atomic mass is 15.3. The molecule has 0 aliphatic rings. The van der Waals surface area contributed by atoms with Gasteiger partial charge in [0.1, 0.15) is 5.69 Å². The molecular weight excluding hydrogens is 230 g/mol. The zero-order valence-corrected chi connectivity index (χ0v) is 10.7. The first-order chi connectivity index (χ1) is 8.74. The maximum Gasteiger partial charge on any atom is 0.101 e. The SMILES string of the molecule is CCC(C)n1ccc(CC(NN)c2cn[nH]n2)n1. The normalized spacial score (nSPS) is 14.6. The van der Waals surface area contributed by atoms with Crippen LogP contribution in [0.1, 0.15) is 43.7 Å². The first-order valence-corrected chi connectivity index (χ1v) is 6.10. The van der Waals surface area contributed by atoms with Crippen molar-refractivity contribution in [2.75, 3.05) is 0 Å². The summed E-state index contributed by atoms with van der Waals surface area (Å²) >= 11 is 0. The van der Waals surface area contributed by atoms with Crippen LogP contribution in [-0.4, -0.2) is 25.2 Å². The third-order valence-electron chi connectivity index (χ3n) is 3.11. The molecule has 0 saturated heterocycles. The van der Waals surface area contributed by atoms with E-state index in [2.05, 4.69) is 39.8 Å². The molecule has 0 fully saturated rings. The van der Waals surface area contributed by atoms with Crippen LogP contribution >= 0.6 is 0 Å². The molecule has 2 unspecified atom stereocenters. The van der Waals surface area contributed by atoms with Crippen molar-refractivity contribution in [3.05, 3.63) is 29.8 Å². The molecule has 2 aromatic rings. The molecule has 2 rings (SSSR count). The van der Waals surface area contributed by atoms with Gasteiger partial charge in [-0.15, -0.1) is 0 Å². The summed E-state index contributed by atoms with van der Waals surface area (Å²) < 4.78 is 1.98. The predicted octanol–water partition coefficient (Wildman–Crippen LogP) is 0.719. The Morgan fingerprint density at radius 2 is 2.39 bits per heavy atom. The molecule has 18 heavy (non-hydrogen) atoms. The average molecular weight is 249 g/mol. The lowest BCUT2D eigenvalue weighted by Crippen LogP contribution is -2.30. The summed E-state index contributed by atoms with van der Waals surface area (Å²) in [6.07, 6.45) is 5.41. The summed E-state index contributed by atoms with van der Waals surface area (Å²) in [5.41, 5.74) is 4.51. The number of hydrogen-bond donors (Lipinski definition) is 3. The van der Waals surface area contributed by atoms with E-state index in [4.69, 9.17) is 5.84 Å². The van der Waals surface area contributed by atoms with Crippen LogP contribution in [0.4, 0.5) is 0 Å². The van der Waals surface area contributed by atoms with E-state index in [0.717, 1.165) is 17.8 Å². The van der Waals surface area contributed by atoms with E-state index in [9.17, 15) is 0 Å². The molecule has 0 aliphatic carbocycles. The summed E-state index contributed by atoms with van der Waals surface area (Å²) in [4.78, 5) is 0. The van der Waals surface area contributed by atoms with Crippen LogP contribution in [0.5, 0.6) is 0 Å². The number of rotatable bonds is 6. The third-order valence-corrected chi connectivity index (χ3v) is 3.11. The summed E-state index contributed by atoms with van der Waals surface area (Å²) in [5.74, 6) is 5.54. The minimum absolute atomic E-state index is 0.0796. The van der Waals surface area contributed by atoms with E-state index in [0.29, 0.717) is 12.5 Å². The average Bonchev–Trinajstić information content (AvgIpc) is 3.05. The van der Waals surface area contributed by atoms with Crippen LogP contribution in [0.2, 0.25) is 0 Å². The Kier molecular flexibility index (Phi) is 4.06. The number of nitrogens with zero attached hydrogens (tertiary/aromatic N) is 4. The molecule has 0 radical (unpaired) electrons. The van der Waals surface area contributed by atoms with E-state index < -0.39 is 0 Å². The third kappa shape index (κ3) is 2.74. The second-order valence-corrected chi connectivity index (χ2v) is 4.36. The van der Waals surface area contributed by atoms with E-state index in [1.807, 2.05) is 16.9 Å². The molecule has 7 heteroatoms. The second-order valence-electron chi connectivity index (χ2n) is 4.36. The molecule has 98 valence electrons. The maximum absolute atomic E-state index is 5.54. The number of nitrogens with two attached hydrogens (primary N) is 1. The van der Waals surface area contributed by atoms with Gasteiger partial charge in [0.2, 0.25) is 0 Å². The molecule has 4 N–H and O–H groups in total. The van der Waals surface area contributed by atoms with Crippen molar-refractivity contribution in [3.8, 4) is 0 Å². The van der Waals surface area contributed by atoms with Gasteiger partial charge in [0.05, 0.1) is 17.9 Å². The van der Waals surface area contributed by atoms with Gasteiger partial charge in [0.25, 0.3) is 0 Å². The highest BCUT2D eigenvalue weighted by molar-refractivity contribution is 5.08. The molecule has 0 saturated carbocycles. The number of hydrazine groups is 1. The first-order valence-electron chi connectivity index (χ1n) is 6.10. The Hall–Kier alpha value is -1.73. The molecule has 0 spiro atoms. The Labute approximate surface area is 106 Å². The predicted molar refractivity (Wildman–Crippen MR) is 67.4 cm³/mol. The van der Waals surface area contributed by atoms with Crippen molar-refractivity contribution in [1.29, 1.82) is 0 Å². The van der Waals surface area contributed by atoms with E-state index in [1.165, 1.54) is 0 Å². The van der Waals surface area contributed by atoms with Gasteiger partial charge in [0, 0.05) is 18.7 Å². The van der Waals surface area contributed by atoms with Crippen LogP contribution in [0.15, 0.2) is 18.5 Å². The molecule has 0 bridgehead atoms. The van der Waals surface area contributed by atoms with Crippen LogP contribution in [0, 0.1) is 0 Å². The van der Waals surface area contributed by atoms with Crippen molar-refractivity contribution in [2.45, 2.75) is 38.8 Å². The molecule has 0 aliphatic heterocycles. The summed E-state index contributed by atoms with van der Waals surface area (Å²) in [6, 6.07) is 2.34. The maximum atomic E-state index is 5.54. The van der Waals surface area contributed by atoms with Crippen molar-refractivity contribution in [3.63, 3.8) is 0 Å². The molecule has 0 aromatic carbocycles. The van der Waals surface area contributed by atoms with Gasteiger partial charge in [0.15, 0.2) is 0 Å². The van der Waals surface area contributed by atoms with Gasteiger partial charge >= 0.3 is 0 Å². The van der Waals surface area contributed by atoms with Crippen LogP contribution < -0.4 is 11.3 Å². The molecule has 2 atom stereocenters. The van der Waals surface area contributed by atoms with Crippen LogP contribution in [0.25, 0.3) is 0 Å². The summed E-state index contributed by atoms with van der Waals surface area (Å²) in [5, 5.41) is 14.9.